The van der Waals surface area contributed by atoms with Gasteiger partial charge in [-0.15, -0.1) is 0 Å². The second-order valence-corrected chi connectivity index (χ2v) is 3.28. The Morgan fingerprint density at radius 2 is 1.93 bits per heavy atom. The minimum atomic E-state index is -0.314. The predicted molar refractivity (Wildman–Crippen MR) is 54.4 cm³/mol. The Morgan fingerprint density at radius 3 is 2.43 bits per heavy atom. The van der Waals surface area contributed by atoms with Crippen LogP contribution in [0.2, 0.25) is 5.02 Å². The molecular weight excluding hydrogens is 202 g/mol. The van der Waals surface area contributed by atoms with Gasteiger partial charge in [-0.05, 0) is 0 Å². The molecule has 0 saturated heterocycles. The second-order valence-electron chi connectivity index (χ2n) is 2.90. The molecule has 0 spiro atoms. The van der Waals surface area contributed by atoms with Gasteiger partial charge in [0, 0.05) is 12.6 Å². The van der Waals surface area contributed by atoms with Crippen molar-refractivity contribution in [3.63, 3.8) is 0 Å². The van der Waals surface area contributed by atoms with Crippen molar-refractivity contribution in [2.45, 2.75) is 0 Å². The third-order valence-corrected chi connectivity index (χ3v) is 2.27. The number of halogens is 1. The van der Waals surface area contributed by atoms with E-state index in [9.17, 15) is 4.79 Å². The van der Waals surface area contributed by atoms with Crippen molar-refractivity contribution in [3.8, 4) is 11.3 Å². The maximum atomic E-state index is 11.3. The van der Waals surface area contributed by atoms with Crippen LogP contribution < -0.4 is 5.56 Å². The van der Waals surface area contributed by atoms with Gasteiger partial charge in [-0.1, -0.05) is 41.9 Å². The summed E-state index contributed by atoms with van der Waals surface area (Å²) in [5, 5.41) is 0.124. The molecule has 0 radical (unpaired) electrons. The molecule has 72 valence electrons. The largest absolute Gasteiger partial charge is 0.374 e. The Kier molecular flexibility index (Phi) is 2.17. The Balaban J connectivity index is 2.64. The summed E-state index contributed by atoms with van der Waals surface area (Å²) in [7, 11) is 1.53. The lowest BCUT2D eigenvalue weighted by Crippen LogP contribution is -2.09. The van der Waals surface area contributed by atoms with Crippen LogP contribution in [-0.2, 0) is 7.05 Å². The van der Waals surface area contributed by atoms with Gasteiger partial charge >= 0.3 is 5.56 Å². The Bertz CT molecular complexity index is 499. The van der Waals surface area contributed by atoms with Crippen molar-refractivity contribution in [2.75, 3.05) is 0 Å². The van der Waals surface area contributed by atoms with Crippen LogP contribution >= 0.6 is 11.6 Å². The van der Waals surface area contributed by atoms with E-state index in [1.54, 1.807) is 0 Å². The average molecular weight is 210 g/mol. The van der Waals surface area contributed by atoms with Crippen molar-refractivity contribution in [1.29, 1.82) is 0 Å². The number of hydrogen-bond donors (Lipinski definition) is 0. The summed E-state index contributed by atoms with van der Waals surface area (Å²) in [6.07, 6.45) is 0. The van der Waals surface area contributed by atoms with Crippen molar-refractivity contribution in [2.24, 2.45) is 7.05 Å². The first-order valence-corrected chi connectivity index (χ1v) is 4.49. The SMILES string of the molecule is Cn1oc(-c2ccccc2)c(Cl)c1=O. The van der Waals surface area contributed by atoms with Gasteiger partial charge in [0.05, 0.1) is 0 Å². The van der Waals surface area contributed by atoms with E-state index in [0.717, 1.165) is 10.3 Å². The Morgan fingerprint density at radius 1 is 1.29 bits per heavy atom. The van der Waals surface area contributed by atoms with Gasteiger partial charge in [-0.2, -0.15) is 4.74 Å². The number of aromatic nitrogens is 1. The van der Waals surface area contributed by atoms with Crippen LogP contribution in [0.4, 0.5) is 0 Å². The summed E-state index contributed by atoms with van der Waals surface area (Å²) >= 11 is 5.82. The molecule has 0 aliphatic carbocycles. The van der Waals surface area contributed by atoms with Gasteiger partial charge in [-0.25, -0.2) is 0 Å². The zero-order chi connectivity index (χ0) is 10.1. The fourth-order valence-corrected chi connectivity index (χ4v) is 1.49. The van der Waals surface area contributed by atoms with Gasteiger partial charge < -0.3 is 4.52 Å². The first-order valence-electron chi connectivity index (χ1n) is 4.11. The Hall–Kier alpha value is -1.48. The molecule has 3 nitrogen and oxygen atoms in total. The van der Waals surface area contributed by atoms with Crippen LogP contribution in [0.15, 0.2) is 39.6 Å². The zero-order valence-corrected chi connectivity index (χ0v) is 8.28. The highest BCUT2D eigenvalue weighted by Crippen LogP contribution is 2.24. The molecule has 1 heterocycles. The normalized spacial score (nSPS) is 10.4. The maximum Gasteiger partial charge on any atom is 0.301 e. The molecule has 4 heteroatoms. The molecule has 0 fully saturated rings. The van der Waals surface area contributed by atoms with Gasteiger partial charge in [0.2, 0.25) is 0 Å². The standard InChI is InChI=1S/C10H8ClNO2/c1-12-10(13)8(11)9(14-12)7-5-3-2-4-6-7/h2-6H,1H3. The van der Waals surface area contributed by atoms with Crippen LogP contribution in [0.1, 0.15) is 0 Å². The van der Waals surface area contributed by atoms with E-state index < -0.39 is 0 Å². The van der Waals surface area contributed by atoms with E-state index in [0.29, 0.717) is 5.76 Å². The quantitative estimate of drug-likeness (QED) is 0.723. The molecule has 0 N–H and O–H groups in total. The third-order valence-electron chi connectivity index (χ3n) is 1.94. The summed E-state index contributed by atoms with van der Waals surface area (Å²) in [5.41, 5.74) is 0.487. The van der Waals surface area contributed by atoms with Crippen LogP contribution in [0, 0.1) is 0 Å². The molecule has 0 atom stereocenters. The molecular formula is C10H8ClNO2. The topological polar surface area (TPSA) is 35.1 Å². The first-order chi connectivity index (χ1) is 6.70. The van der Waals surface area contributed by atoms with Crippen LogP contribution in [0.25, 0.3) is 11.3 Å². The molecule has 0 aliphatic rings. The summed E-state index contributed by atoms with van der Waals surface area (Å²) in [5.74, 6) is 0.416. The summed E-state index contributed by atoms with van der Waals surface area (Å²) in [4.78, 5) is 11.3. The predicted octanol–water partition coefficient (Wildman–Crippen LogP) is 2.30. The Labute approximate surface area is 85.5 Å². The highest BCUT2D eigenvalue weighted by Gasteiger charge is 2.13. The summed E-state index contributed by atoms with van der Waals surface area (Å²) in [6, 6.07) is 9.28. The van der Waals surface area contributed by atoms with E-state index in [1.807, 2.05) is 30.3 Å². The molecule has 0 aliphatic heterocycles. The summed E-state index contributed by atoms with van der Waals surface area (Å²) in [6.45, 7) is 0. The van der Waals surface area contributed by atoms with Gasteiger partial charge in [0.15, 0.2) is 10.8 Å². The lowest BCUT2D eigenvalue weighted by atomic mass is 10.2. The summed E-state index contributed by atoms with van der Waals surface area (Å²) < 4.78 is 6.32. The van der Waals surface area contributed by atoms with Gasteiger partial charge in [0.25, 0.3) is 0 Å². The number of hydrogen-bond acceptors (Lipinski definition) is 2. The van der Waals surface area contributed by atoms with E-state index in [1.165, 1.54) is 7.05 Å². The van der Waals surface area contributed by atoms with E-state index in [4.69, 9.17) is 16.1 Å². The fraction of sp³-hybridized carbons (Fsp3) is 0.100. The lowest BCUT2D eigenvalue weighted by molar-refractivity contribution is 0.307. The number of aryl methyl sites for hydroxylation is 1. The van der Waals surface area contributed by atoms with Gasteiger partial charge in [-0.3, -0.25) is 4.79 Å². The van der Waals surface area contributed by atoms with E-state index in [2.05, 4.69) is 0 Å². The molecule has 0 saturated carbocycles. The van der Waals surface area contributed by atoms with E-state index in [-0.39, 0.29) is 10.6 Å². The minimum absolute atomic E-state index is 0.124. The van der Waals surface area contributed by atoms with Crippen LogP contribution in [0.3, 0.4) is 0 Å². The highest BCUT2D eigenvalue weighted by atomic mass is 35.5. The van der Waals surface area contributed by atoms with Crippen molar-refractivity contribution >= 4 is 11.6 Å². The molecule has 0 unspecified atom stereocenters. The molecule has 1 aromatic carbocycles. The van der Waals surface area contributed by atoms with E-state index >= 15 is 0 Å². The molecule has 14 heavy (non-hydrogen) atoms. The maximum absolute atomic E-state index is 11.3. The van der Waals surface area contributed by atoms with Crippen LogP contribution in [-0.4, -0.2) is 4.74 Å². The highest BCUT2D eigenvalue weighted by molar-refractivity contribution is 6.32. The smallest absolute Gasteiger partial charge is 0.301 e. The minimum Gasteiger partial charge on any atom is -0.374 e. The third kappa shape index (κ3) is 1.36. The first kappa shape index (κ1) is 9.09. The van der Waals surface area contributed by atoms with Gasteiger partial charge in [0.1, 0.15) is 0 Å². The molecule has 0 amide bonds. The van der Waals surface area contributed by atoms with Crippen molar-refractivity contribution < 1.29 is 4.52 Å². The second kappa shape index (κ2) is 3.35. The number of nitrogens with zero attached hydrogens (tertiary/aromatic N) is 1. The zero-order valence-electron chi connectivity index (χ0n) is 7.53. The van der Waals surface area contributed by atoms with Crippen molar-refractivity contribution in [1.82, 2.24) is 4.74 Å². The molecule has 0 bridgehead atoms. The fourth-order valence-electron chi connectivity index (χ4n) is 1.22. The number of benzene rings is 1. The molecule has 2 rings (SSSR count). The lowest BCUT2D eigenvalue weighted by Gasteiger charge is -1.94. The molecule has 1 aromatic heterocycles. The average Bonchev–Trinajstić information content (AvgIpc) is 2.47. The number of rotatable bonds is 1. The van der Waals surface area contributed by atoms with Crippen molar-refractivity contribution in [3.05, 3.63) is 45.7 Å². The molecule has 2 aromatic rings. The van der Waals surface area contributed by atoms with Crippen LogP contribution in [0.5, 0.6) is 0 Å². The monoisotopic (exact) mass is 209 g/mol.